The fourth-order valence-corrected chi connectivity index (χ4v) is 4.88. The molecule has 0 aliphatic carbocycles. The van der Waals surface area contributed by atoms with Crippen molar-refractivity contribution in [2.75, 3.05) is 16.2 Å². The topological polar surface area (TPSA) is 66.5 Å². The lowest BCUT2D eigenvalue weighted by Crippen LogP contribution is -2.38. The third-order valence-corrected chi connectivity index (χ3v) is 6.92. The first-order valence-corrected chi connectivity index (χ1v) is 11.5. The van der Waals surface area contributed by atoms with Gasteiger partial charge in [-0.1, -0.05) is 60.1 Å². The predicted octanol–water partition coefficient (Wildman–Crippen LogP) is 5.47. The Morgan fingerprint density at radius 1 is 0.875 bits per heavy atom. The van der Waals surface area contributed by atoms with E-state index >= 15 is 0 Å². The van der Waals surface area contributed by atoms with Crippen LogP contribution in [-0.4, -0.2) is 20.9 Å². The summed E-state index contributed by atoms with van der Waals surface area (Å²) in [5, 5.41) is 4.44. The summed E-state index contributed by atoms with van der Waals surface area (Å²) in [5.41, 5.74) is 0.608. The zero-order valence-electron chi connectivity index (χ0n) is 16.7. The van der Waals surface area contributed by atoms with E-state index in [0.29, 0.717) is 5.69 Å². The van der Waals surface area contributed by atoms with Crippen molar-refractivity contribution in [1.29, 1.82) is 0 Å². The van der Waals surface area contributed by atoms with E-state index < -0.39 is 28.3 Å². The summed E-state index contributed by atoms with van der Waals surface area (Å²) in [6.45, 7) is -0.522. The highest BCUT2D eigenvalue weighted by atomic mass is 35.5. The summed E-state index contributed by atoms with van der Waals surface area (Å²) in [6, 6.07) is 24.3. The van der Waals surface area contributed by atoms with E-state index in [1.54, 1.807) is 30.3 Å². The lowest BCUT2D eigenvalue weighted by Gasteiger charge is -2.24. The minimum atomic E-state index is -4.11. The average Bonchev–Trinajstić information content (AvgIpc) is 2.80. The number of carbonyl (C=O) groups is 1. The molecule has 0 unspecified atom stereocenters. The van der Waals surface area contributed by atoms with E-state index in [0.717, 1.165) is 21.1 Å². The highest BCUT2D eigenvalue weighted by molar-refractivity contribution is 7.92. The first kappa shape index (κ1) is 21.8. The monoisotopic (exact) mass is 468 g/mol. The van der Waals surface area contributed by atoms with Crippen molar-refractivity contribution in [2.24, 2.45) is 0 Å². The van der Waals surface area contributed by atoms with Crippen LogP contribution < -0.4 is 9.62 Å². The molecule has 0 aliphatic rings. The zero-order valence-corrected chi connectivity index (χ0v) is 18.3. The third kappa shape index (κ3) is 4.59. The van der Waals surface area contributed by atoms with E-state index in [4.69, 9.17) is 11.6 Å². The maximum atomic E-state index is 13.7. The minimum Gasteiger partial charge on any atom is -0.324 e. The van der Waals surface area contributed by atoms with Gasteiger partial charge in [0, 0.05) is 5.69 Å². The highest BCUT2D eigenvalue weighted by Crippen LogP contribution is 2.28. The first-order chi connectivity index (χ1) is 15.3. The molecule has 0 saturated carbocycles. The van der Waals surface area contributed by atoms with Crippen LogP contribution in [0.25, 0.3) is 10.8 Å². The number of nitrogens with zero attached hydrogens (tertiary/aromatic N) is 1. The van der Waals surface area contributed by atoms with Crippen molar-refractivity contribution in [1.82, 2.24) is 0 Å². The fourth-order valence-electron chi connectivity index (χ4n) is 3.27. The van der Waals surface area contributed by atoms with Gasteiger partial charge in [-0.3, -0.25) is 9.10 Å². The third-order valence-electron chi connectivity index (χ3n) is 4.84. The molecule has 0 atom stereocenters. The second kappa shape index (κ2) is 8.98. The van der Waals surface area contributed by atoms with Gasteiger partial charge in [0.05, 0.1) is 15.6 Å². The highest BCUT2D eigenvalue weighted by Gasteiger charge is 2.27. The van der Waals surface area contributed by atoms with Crippen molar-refractivity contribution in [3.05, 3.63) is 102 Å². The summed E-state index contributed by atoms with van der Waals surface area (Å²) in [4.78, 5) is 12.8. The van der Waals surface area contributed by atoms with Gasteiger partial charge in [0.1, 0.15) is 12.4 Å². The van der Waals surface area contributed by atoms with Crippen LogP contribution in [0.3, 0.4) is 0 Å². The minimum absolute atomic E-state index is 0.000970. The van der Waals surface area contributed by atoms with Crippen molar-refractivity contribution in [2.45, 2.75) is 4.90 Å². The lowest BCUT2D eigenvalue weighted by atomic mass is 10.1. The Hall–Kier alpha value is -3.42. The Morgan fingerprint density at radius 2 is 1.56 bits per heavy atom. The molecule has 0 radical (unpaired) electrons. The Balaban J connectivity index is 1.66. The van der Waals surface area contributed by atoms with Crippen LogP contribution in [0.15, 0.2) is 95.9 Å². The van der Waals surface area contributed by atoms with Gasteiger partial charge in [-0.2, -0.15) is 0 Å². The molecule has 0 bridgehead atoms. The smallest absolute Gasteiger partial charge is 0.264 e. The number of fused-ring (bicyclic) bond motifs is 1. The number of sulfonamides is 1. The van der Waals surface area contributed by atoms with Gasteiger partial charge in [-0.25, -0.2) is 12.8 Å². The summed E-state index contributed by atoms with van der Waals surface area (Å²) >= 11 is 5.88. The van der Waals surface area contributed by atoms with E-state index in [9.17, 15) is 17.6 Å². The molecule has 5 nitrogen and oxygen atoms in total. The molecule has 4 aromatic rings. The van der Waals surface area contributed by atoms with Gasteiger partial charge in [0.25, 0.3) is 10.0 Å². The fraction of sp³-hybridized carbons (Fsp3) is 0.0417. The average molecular weight is 469 g/mol. The van der Waals surface area contributed by atoms with E-state index in [1.807, 2.05) is 30.3 Å². The molecule has 1 amide bonds. The molecular weight excluding hydrogens is 451 g/mol. The molecule has 4 aromatic carbocycles. The molecule has 32 heavy (non-hydrogen) atoms. The Labute approximate surface area is 190 Å². The first-order valence-electron chi connectivity index (χ1n) is 9.66. The molecule has 0 saturated heterocycles. The van der Waals surface area contributed by atoms with Gasteiger partial charge >= 0.3 is 0 Å². The molecule has 162 valence electrons. The molecule has 0 aliphatic heterocycles. The van der Waals surface area contributed by atoms with Gasteiger partial charge in [-0.05, 0) is 53.2 Å². The van der Waals surface area contributed by atoms with Crippen LogP contribution in [0.5, 0.6) is 0 Å². The molecule has 8 heteroatoms. The van der Waals surface area contributed by atoms with Crippen LogP contribution in [0.1, 0.15) is 0 Å². The number of carbonyl (C=O) groups excluding carboxylic acids is 1. The predicted molar refractivity (Wildman–Crippen MR) is 125 cm³/mol. The molecule has 0 fully saturated rings. The number of nitrogens with one attached hydrogen (secondary N) is 1. The molecule has 4 rings (SSSR count). The van der Waals surface area contributed by atoms with E-state index in [-0.39, 0.29) is 15.6 Å². The van der Waals surface area contributed by atoms with Gasteiger partial charge in [-0.15, -0.1) is 0 Å². The van der Waals surface area contributed by atoms with Crippen molar-refractivity contribution in [3.8, 4) is 0 Å². The summed E-state index contributed by atoms with van der Waals surface area (Å²) in [7, 11) is -4.11. The number of anilines is 2. The quantitative estimate of drug-likeness (QED) is 0.408. The molecule has 0 heterocycles. The summed E-state index contributed by atoms with van der Waals surface area (Å²) in [5.74, 6) is -1.24. The van der Waals surface area contributed by atoms with Crippen LogP contribution in [0.2, 0.25) is 5.02 Å². The molecule has 0 aromatic heterocycles. The van der Waals surface area contributed by atoms with Crippen molar-refractivity contribution in [3.63, 3.8) is 0 Å². The standard InChI is InChI=1S/C24H18ClFN2O3S/c25-22-15-20(12-13-23(22)26)28(32(30,31)21-8-2-1-3-9-21)16-24(29)27-19-11-10-17-6-4-5-7-18(17)14-19/h1-15H,16H2,(H,27,29). The summed E-state index contributed by atoms with van der Waals surface area (Å²) < 4.78 is 41.2. The van der Waals surface area contributed by atoms with Crippen LogP contribution >= 0.6 is 11.6 Å². The van der Waals surface area contributed by atoms with Crippen LogP contribution in [-0.2, 0) is 14.8 Å². The number of halogens is 2. The number of rotatable bonds is 6. The normalized spacial score (nSPS) is 11.3. The Morgan fingerprint density at radius 3 is 2.28 bits per heavy atom. The van der Waals surface area contributed by atoms with Gasteiger partial charge in [0.15, 0.2) is 0 Å². The van der Waals surface area contributed by atoms with Crippen LogP contribution in [0.4, 0.5) is 15.8 Å². The Bertz CT molecular complexity index is 1400. The van der Waals surface area contributed by atoms with Crippen molar-refractivity contribution >= 4 is 49.7 Å². The van der Waals surface area contributed by atoms with E-state index in [1.165, 1.54) is 24.3 Å². The molecule has 0 spiro atoms. The molecular formula is C24H18ClFN2O3S. The van der Waals surface area contributed by atoms with Gasteiger partial charge in [0.2, 0.25) is 5.91 Å². The number of benzene rings is 4. The molecule has 1 N–H and O–H groups in total. The largest absolute Gasteiger partial charge is 0.324 e. The van der Waals surface area contributed by atoms with Crippen LogP contribution in [0, 0.1) is 5.82 Å². The lowest BCUT2D eigenvalue weighted by molar-refractivity contribution is -0.114. The Kier molecular flexibility index (Phi) is 6.12. The zero-order chi connectivity index (χ0) is 22.7. The second-order valence-electron chi connectivity index (χ2n) is 7.03. The van der Waals surface area contributed by atoms with E-state index in [2.05, 4.69) is 5.32 Å². The van der Waals surface area contributed by atoms with Gasteiger partial charge < -0.3 is 5.32 Å². The summed E-state index contributed by atoms with van der Waals surface area (Å²) in [6.07, 6.45) is 0. The maximum Gasteiger partial charge on any atom is 0.264 e. The number of hydrogen-bond acceptors (Lipinski definition) is 3. The van der Waals surface area contributed by atoms with Crippen molar-refractivity contribution < 1.29 is 17.6 Å². The maximum absolute atomic E-state index is 13.7. The number of hydrogen-bond donors (Lipinski definition) is 1. The second-order valence-corrected chi connectivity index (χ2v) is 9.30. The number of amides is 1. The SMILES string of the molecule is O=C(CN(c1ccc(F)c(Cl)c1)S(=O)(=O)c1ccccc1)Nc1ccc2ccccc2c1.